The lowest BCUT2D eigenvalue weighted by atomic mass is 10.2. The van der Waals surface area contributed by atoms with E-state index in [4.69, 9.17) is 4.74 Å². The number of benzene rings is 2. The van der Waals surface area contributed by atoms with Crippen molar-refractivity contribution in [3.05, 3.63) is 70.5 Å². The number of piperazine rings is 1. The number of halogens is 2. The molecule has 0 bridgehead atoms. The summed E-state index contributed by atoms with van der Waals surface area (Å²) in [4.78, 5) is 23.2. The van der Waals surface area contributed by atoms with Gasteiger partial charge in [0.1, 0.15) is 23.7 Å². The number of methoxy groups -OCH3 is 1. The van der Waals surface area contributed by atoms with Gasteiger partial charge in [-0.3, -0.25) is 10.1 Å². The van der Waals surface area contributed by atoms with Gasteiger partial charge in [0.2, 0.25) is 11.6 Å². The Kier molecular flexibility index (Phi) is 5.97. The molecule has 0 spiro atoms. The second-order valence-electron chi connectivity index (χ2n) is 7.07. The number of ether oxygens (including phenoxy) is 1. The van der Waals surface area contributed by atoms with Crippen molar-refractivity contribution in [2.24, 2.45) is 0 Å². The molecule has 1 saturated heterocycles. The van der Waals surface area contributed by atoms with Gasteiger partial charge < -0.3 is 19.9 Å². The summed E-state index contributed by atoms with van der Waals surface area (Å²) in [6, 6.07) is 10.6. The summed E-state index contributed by atoms with van der Waals surface area (Å²) < 4.78 is 32.4. The van der Waals surface area contributed by atoms with Crippen LogP contribution in [0.4, 0.5) is 37.5 Å². The molecule has 1 aliphatic heterocycles. The Morgan fingerprint density at radius 1 is 1.03 bits per heavy atom. The Balaban J connectivity index is 1.54. The molecule has 0 amide bonds. The molecule has 11 heteroatoms. The number of nitro groups is 1. The molecule has 9 nitrogen and oxygen atoms in total. The molecule has 0 aliphatic carbocycles. The highest BCUT2D eigenvalue weighted by molar-refractivity contribution is 5.74. The molecule has 0 unspecified atom stereocenters. The molecule has 2 aromatic carbocycles. The number of rotatable bonds is 6. The van der Waals surface area contributed by atoms with Gasteiger partial charge in [-0.1, -0.05) is 0 Å². The minimum atomic E-state index is -0.882. The molecule has 2 heterocycles. The first-order chi connectivity index (χ1) is 15.5. The Labute approximate surface area is 182 Å². The highest BCUT2D eigenvalue weighted by Gasteiger charge is 2.29. The summed E-state index contributed by atoms with van der Waals surface area (Å²) in [7, 11) is 1.61. The molecule has 3 aromatic rings. The maximum absolute atomic E-state index is 14.0. The number of anilines is 4. The molecule has 1 aliphatic rings. The van der Waals surface area contributed by atoms with Gasteiger partial charge in [-0.2, -0.15) is 0 Å². The van der Waals surface area contributed by atoms with E-state index < -0.39 is 16.6 Å². The minimum absolute atomic E-state index is 0.122. The van der Waals surface area contributed by atoms with Crippen molar-refractivity contribution in [3.8, 4) is 5.75 Å². The minimum Gasteiger partial charge on any atom is -0.497 e. The van der Waals surface area contributed by atoms with Crippen LogP contribution in [-0.4, -0.2) is 48.2 Å². The van der Waals surface area contributed by atoms with Crippen LogP contribution in [0.15, 0.2) is 48.8 Å². The van der Waals surface area contributed by atoms with Gasteiger partial charge in [0.25, 0.3) is 0 Å². The van der Waals surface area contributed by atoms with Crippen molar-refractivity contribution in [3.63, 3.8) is 0 Å². The lowest BCUT2D eigenvalue weighted by molar-refractivity contribution is -0.383. The first-order valence-corrected chi connectivity index (χ1v) is 9.81. The third-order valence-electron chi connectivity index (χ3n) is 5.19. The van der Waals surface area contributed by atoms with Crippen molar-refractivity contribution < 1.29 is 18.4 Å². The summed E-state index contributed by atoms with van der Waals surface area (Å²) >= 11 is 0. The van der Waals surface area contributed by atoms with Crippen LogP contribution < -0.4 is 19.9 Å². The Morgan fingerprint density at radius 2 is 1.72 bits per heavy atom. The van der Waals surface area contributed by atoms with Crippen molar-refractivity contribution >= 4 is 28.7 Å². The van der Waals surface area contributed by atoms with Gasteiger partial charge in [-0.05, 0) is 36.4 Å². The Bertz CT molecular complexity index is 1120. The van der Waals surface area contributed by atoms with E-state index in [1.54, 1.807) is 12.0 Å². The topological polar surface area (TPSA) is 96.7 Å². The fourth-order valence-electron chi connectivity index (χ4n) is 3.55. The number of nitrogens with one attached hydrogen (secondary N) is 1. The van der Waals surface area contributed by atoms with Gasteiger partial charge in [-0.15, -0.1) is 0 Å². The van der Waals surface area contributed by atoms with Gasteiger partial charge in [0.05, 0.1) is 17.7 Å². The second-order valence-corrected chi connectivity index (χ2v) is 7.07. The number of hydrogen-bond acceptors (Lipinski definition) is 8. The van der Waals surface area contributed by atoms with Crippen molar-refractivity contribution in [2.45, 2.75) is 0 Å². The summed E-state index contributed by atoms with van der Waals surface area (Å²) in [5.41, 5.74) is 0.536. The quantitative estimate of drug-likeness (QED) is 0.456. The number of aromatic nitrogens is 2. The molecule has 0 radical (unpaired) electrons. The molecule has 1 N–H and O–H groups in total. The predicted molar refractivity (Wildman–Crippen MR) is 116 cm³/mol. The Morgan fingerprint density at radius 3 is 2.34 bits per heavy atom. The monoisotopic (exact) mass is 442 g/mol. The Hall–Kier alpha value is -4.02. The molecule has 4 rings (SSSR count). The molecule has 0 atom stereocenters. The normalized spacial score (nSPS) is 13.7. The summed E-state index contributed by atoms with van der Waals surface area (Å²) in [6.07, 6.45) is 1.18. The standard InChI is InChI=1S/C21H20F2N6O3/c1-32-16-5-3-15(4-6-16)27-8-10-28(11-9-27)21-19(29(30)31)20(24-13-25-21)26-18-7-2-14(22)12-17(18)23/h2-7,12-13H,8-11H2,1H3,(H,24,25,26). The van der Waals surface area contributed by atoms with E-state index in [9.17, 15) is 18.9 Å². The molecule has 0 saturated carbocycles. The predicted octanol–water partition coefficient (Wildman–Crippen LogP) is 3.74. The van der Waals surface area contributed by atoms with Gasteiger partial charge in [-0.25, -0.2) is 18.7 Å². The lowest BCUT2D eigenvalue weighted by Gasteiger charge is -2.36. The lowest BCUT2D eigenvalue weighted by Crippen LogP contribution is -2.47. The molecular formula is C21H20F2N6O3. The summed E-state index contributed by atoms with van der Waals surface area (Å²) in [5, 5.41) is 14.4. The van der Waals surface area contributed by atoms with Crippen LogP contribution in [0.3, 0.4) is 0 Å². The zero-order valence-electron chi connectivity index (χ0n) is 17.2. The maximum Gasteiger partial charge on any atom is 0.353 e. The van der Waals surface area contributed by atoms with E-state index in [1.807, 2.05) is 24.3 Å². The second kappa shape index (κ2) is 9.00. The summed E-state index contributed by atoms with van der Waals surface area (Å²) in [5.74, 6) is -0.887. The highest BCUT2D eigenvalue weighted by Crippen LogP contribution is 2.35. The largest absolute Gasteiger partial charge is 0.497 e. The fourth-order valence-corrected chi connectivity index (χ4v) is 3.55. The average Bonchev–Trinajstić information content (AvgIpc) is 2.81. The van der Waals surface area contributed by atoms with Gasteiger partial charge in [0.15, 0.2) is 0 Å². The molecule has 1 aromatic heterocycles. The fraction of sp³-hybridized carbons (Fsp3) is 0.238. The van der Waals surface area contributed by atoms with Gasteiger partial charge >= 0.3 is 5.69 Å². The first kappa shape index (κ1) is 21.2. The van der Waals surface area contributed by atoms with E-state index in [0.29, 0.717) is 32.2 Å². The van der Waals surface area contributed by atoms with Crippen molar-refractivity contribution in [2.75, 3.05) is 48.4 Å². The average molecular weight is 442 g/mol. The first-order valence-electron chi connectivity index (χ1n) is 9.81. The van der Waals surface area contributed by atoms with E-state index in [2.05, 4.69) is 20.2 Å². The third kappa shape index (κ3) is 4.36. The molecule has 32 heavy (non-hydrogen) atoms. The molecule has 1 fully saturated rings. The number of hydrogen-bond donors (Lipinski definition) is 1. The van der Waals surface area contributed by atoms with Crippen LogP contribution >= 0.6 is 0 Å². The van der Waals surface area contributed by atoms with Crippen LogP contribution in [0.5, 0.6) is 5.75 Å². The van der Waals surface area contributed by atoms with Gasteiger partial charge in [0, 0.05) is 37.9 Å². The van der Waals surface area contributed by atoms with Crippen LogP contribution in [0, 0.1) is 21.7 Å². The van der Waals surface area contributed by atoms with Crippen LogP contribution in [0.1, 0.15) is 0 Å². The third-order valence-corrected chi connectivity index (χ3v) is 5.19. The molecular weight excluding hydrogens is 422 g/mol. The van der Waals surface area contributed by atoms with E-state index in [0.717, 1.165) is 23.6 Å². The molecule has 166 valence electrons. The van der Waals surface area contributed by atoms with E-state index >= 15 is 0 Å². The zero-order valence-corrected chi connectivity index (χ0v) is 17.2. The van der Waals surface area contributed by atoms with Crippen LogP contribution in [0.25, 0.3) is 0 Å². The number of nitrogens with zero attached hydrogens (tertiary/aromatic N) is 5. The van der Waals surface area contributed by atoms with E-state index in [-0.39, 0.29) is 23.0 Å². The highest BCUT2D eigenvalue weighted by atomic mass is 19.1. The van der Waals surface area contributed by atoms with Crippen molar-refractivity contribution in [1.82, 2.24) is 9.97 Å². The smallest absolute Gasteiger partial charge is 0.353 e. The zero-order chi connectivity index (χ0) is 22.7. The van der Waals surface area contributed by atoms with Crippen molar-refractivity contribution in [1.29, 1.82) is 0 Å². The van der Waals surface area contributed by atoms with Crippen LogP contribution in [0.2, 0.25) is 0 Å². The maximum atomic E-state index is 14.0. The van der Waals surface area contributed by atoms with Crippen LogP contribution in [-0.2, 0) is 0 Å². The SMILES string of the molecule is COc1ccc(N2CCN(c3ncnc(Nc4ccc(F)cc4F)c3[N+](=O)[O-])CC2)cc1. The summed E-state index contributed by atoms with van der Waals surface area (Å²) in [6.45, 7) is 2.24. The van der Waals surface area contributed by atoms with E-state index in [1.165, 1.54) is 6.33 Å².